The number of carbonyl (C=O) groups is 3. The van der Waals surface area contributed by atoms with Gasteiger partial charge in [-0.25, -0.2) is 0 Å². The van der Waals surface area contributed by atoms with Gasteiger partial charge in [-0.1, -0.05) is 0 Å². The van der Waals surface area contributed by atoms with E-state index in [0.29, 0.717) is 13.2 Å². The van der Waals surface area contributed by atoms with Crippen molar-refractivity contribution in [3.63, 3.8) is 0 Å². The number of amides is 1. The molecule has 0 aromatic rings. The van der Waals surface area contributed by atoms with Crippen molar-refractivity contribution in [2.75, 3.05) is 19.8 Å². The quantitative estimate of drug-likeness (QED) is 0.345. The minimum atomic E-state index is -0.744. The minimum Gasteiger partial charge on any atom is -0.370 e. The lowest BCUT2D eigenvalue weighted by atomic mass is 10.1. The van der Waals surface area contributed by atoms with E-state index in [1.165, 1.54) is 13.8 Å². The average Bonchev–Trinajstić information content (AvgIpc) is 2.22. The summed E-state index contributed by atoms with van der Waals surface area (Å²) >= 11 is 1.97. The Kier molecular flexibility index (Phi) is 9.18. The monoisotopic (exact) mass is 356 g/mol. The molecular weight excluding hydrogens is 339 g/mol. The highest BCUT2D eigenvalue weighted by atomic mass is 127. The van der Waals surface area contributed by atoms with Crippen molar-refractivity contribution in [3.8, 4) is 0 Å². The molecule has 98 valence electrons. The molecule has 1 unspecified atom stereocenters. The van der Waals surface area contributed by atoms with Crippen molar-refractivity contribution in [3.05, 3.63) is 0 Å². The van der Waals surface area contributed by atoms with E-state index in [4.69, 9.17) is 4.74 Å². The summed E-state index contributed by atoms with van der Waals surface area (Å²) in [4.78, 5) is 33.4. The van der Waals surface area contributed by atoms with E-state index in [2.05, 4.69) is 8.85 Å². The lowest BCUT2D eigenvalue weighted by Gasteiger charge is -2.14. The second-order valence-electron chi connectivity index (χ2n) is 3.57. The maximum Gasteiger partial charge on any atom is 0.246 e. The lowest BCUT2D eigenvalue weighted by Crippen LogP contribution is -2.42. The average molecular weight is 356 g/mol. The van der Waals surface area contributed by atoms with Gasteiger partial charge in [0.05, 0.1) is 12.6 Å². The van der Waals surface area contributed by atoms with Crippen LogP contribution in [0.2, 0.25) is 0 Å². The summed E-state index contributed by atoms with van der Waals surface area (Å²) in [6.45, 7) is 3.66. The first kappa shape index (κ1) is 16.5. The van der Waals surface area contributed by atoms with Gasteiger partial charge in [-0.05, 0) is 13.8 Å². The third-order valence-corrected chi connectivity index (χ3v) is 2.43. The van der Waals surface area contributed by atoms with Gasteiger partial charge < -0.3 is 10.1 Å². The van der Waals surface area contributed by atoms with E-state index in [1.807, 2.05) is 22.9 Å². The molecule has 1 atom stereocenters. The molecule has 1 amide bonds. The molecule has 0 aliphatic rings. The molecule has 0 fully saturated rings. The first-order valence-electron chi connectivity index (χ1n) is 5.17. The van der Waals surface area contributed by atoms with Crippen molar-refractivity contribution < 1.29 is 19.1 Å². The Bertz CT molecular complexity index is 283. The number of halogens is 1. The summed E-state index contributed by atoms with van der Waals surface area (Å²) in [7, 11) is 0. The molecule has 0 heterocycles. The number of nitrogens with one attached hydrogen (secondary N) is 2. The van der Waals surface area contributed by atoms with Crippen molar-refractivity contribution in [1.29, 1.82) is 0 Å². The number of hydrogen-bond acceptors (Lipinski definition) is 5. The van der Waals surface area contributed by atoms with E-state index < -0.39 is 6.04 Å². The van der Waals surface area contributed by atoms with Crippen molar-refractivity contribution in [1.82, 2.24) is 8.85 Å². The van der Waals surface area contributed by atoms with E-state index in [9.17, 15) is 14.4 Å². The van der Waals surface area contributed by atoms with Crippen molar-refractivity contribution >= 4 is 40.3 Å². The Hall–Kier alpha value is -0.540. The van der Waals surface area contributed by atoms with Gasteiger partial charge in [0, 0.05) is 35.8 Å². The fourth-order valence-electron chi connectivity index (χ4n) is 1.10. The Morgan fingerprint density at radius 2 is 1.94 bits per heavy atom. The number of Topliss-reactive ketones (excluding diaryl/α,β-unsaturated/α-hetero) is 2. The zero-order chi connectivity index (χ0) is 13.3. The second-order valence-corrected chi connectivity index (χ2v) is 4.34. The van der Waals surface area contributed by atoms with Crippen LogP contribution in [0, 0.1) is 0 Å². The topological polar surface area (TPSA) is 84.5 Å². The summed E-state index contributed by atoms with van der Waals surface area (Å²) in [6.07, 6.45) is 0.0242. The molecule has 7 heteroatoms. The van der Waals surface area contributed by atoms with Gasteiger partial charge in [0.15, 0.2) is 5.78 Å². The fourth-order valence-corrected chi connectivity index (χ4v) is 1.32. The van der Waals surface area contributed by atoms with Gasteiger partial charge in [0.25, 0.3) is 0 Å². The Labute approximate surface area is 114 Å². The van der Waals surface area contributed by atoms with Crippen molar-refractivity contribution in [2.24, 2.45) is 0 Å². The summed E-state index contributed by atoms with van der Waals surface area (Å²) in [6, 6.07) is -0.744. The lowest BCUT2D eigenvalue weighted by molar-refractivity contribution is -0.131. The van der Waals surface area contributed by atoms with Crippen LogP contribution in [0.5, 0.6) is 0 Å². The normalized spacial score (nSPS) is 11.9. The van der Waals surface area contributed by atoms with Crippen LogP contribution < -0.4 is 8.85 Å². The van der Waals surface area contributed by atoms with Gasteiger partial charge in [-0.3, -0.25) is 17.9 Å². The molecule has 2 N–H and O–H groups in total. The molecule has 0 spiro atoms. The first-order chi connectivity index (χ1) is 7.97. The zero-order valence-electron chi connectivity index (χ0n) is 9.92. The van der Waals surface area contributed by atoms with Crippen LogP contribution in [0.4, 0.5) is 0 Å². The largest absolute Gasteiger partial charge is 0.370 e. The Morgan fingerprint density at radius 1 is 1.29 bits per heavy atom. The van der Waals surface area contributed by atoms with Crippen LogP contribution in [0.1, 0.15) is 20.3 Å². The highest BCUT2D eigenvalue weighted by Crippen LogP contribution is 1.95. The molecule has 6 nitrogen and oxygen atoms in total. The second kappa shape index (κ2) is 9.49. The third-order valence-electron chi connectivity index (χ3n) is 1.89. The van der Waals surface area contributed by atoms with Crippen LogP contribution in [-0.4, -0.2) is 43.3 Å². The number of carbonyl (C=O) groups excluding carboxylic acids is 3. The van der Waals surface area contributed by atoms with Crippen molar-refractivity contribution in [2.45, 2.75) is 26.3 Å². The van der Waals surface area contributed by atoms with E-state index in [0.717, 1.165) is 0 Å². The number of ether oxygens (including phenoxy) is 1. The number of hydrogen-bond donors (Lipinski definition) is 2. The van der Waals surface area contributed by atoms with Crippen LogP contribution in [0.25, 0.3) is 0 Å². The molecule has 0 aromatic heterocycles. The molecule has 0 bridgehead atoms. The van der Waals surface area contributed by atoms with Crippen LogP contribution >= 0.6 is 22.9 Å². The molecule has 0 aliphatic carbocycles. The molecule has 0 saturated carbocycles. The highest BCUT2D eigenvalue weighted by Gasteiger charge is 2.18. The van der Waals surface area contributed by atoms with Gasteiger partial charge in [-0.15, -0.1) is 0 Å². The molecule has 0 aromatic carbocycles. The smallest absolute Gasteiger partial charge is 0.246 e. The van der Waals surface area contributed by atoms with Gasteiger partial charge in [0.2, 0.25) is 5.91 Å². The number of ketones is 2. The number of rotatable bonds is 9. The van der Waals surface area contributed by atoms with Gasteiger partial charge >= 0.3 is 0 Å². The molecule has 17 heavy (non-hydrogen) atoms. The zero-order valence-corrected chi connectivity index (χ0v) is 12.1. The van der Waals surface area contributed by atoms with E-state index >= 15 is 0 Å². The summed E-state index contributed by atoms with van der Waals surface area (Å²) in [5.41, 5.74) is 0. The van der Waals surface area contributed by atoms with E-state index in [1.54, 1.807) is 0 Å². The molecule has 0 radical (unpaired) electrons. The predicted molar refractivity (Wildman–Crippen MR) is 70.8 cm³/mol. The molecular formula is C10H17IN2O4. The van der Waals surface area contributed by atoms with E-state index in [-0.39, 0.29) is 30.5 Å². The summed E-state index contributed by atoms with van der Waals surface area (Å²) in [5.74, 6) is -0.761. The van der Waals surface area contributed by atoms with Crippen LogP contribution in [0.3, 0.4) is 0 Å². The predicted octanol–water partition coefficient (Wildman–Crippen LogP) is -0.00450. The fraction of sp³-hybridized carbons (Fsp3) is 0.700. The van der Waals surface area contributed by atoms with Gasteiger partial charge in [0.1, 0.15) is 12.4 Å². The Morgan fingerprint density at radius 3 is 2.41 bits per heavy atom. The Balaban J connectivity index is 3.96. The standard InChI is InChI=1S/C10H17IN2O4/c1-7(14)5-9(8(2)15)13-10(16)6-17-4-3-12-11/h9,12H,3-6H2,1-2H3,(H,13,16). The third kappa shape index (κ3) is 9.19. The maximum absolute atomic E-state index is 11.4. The first-order valence-corrected chi connectivity index (χ1v) is 6.25. The summed E-state index contributed by atoms with van der Waals surface area (Å²) in [5, 5.41) is 2.47. The molecule has 0 aliphatic heterocycles. The highest BCUT2D eigenvalue weighted by molar-refractivity contribution is 14.1. The summed E-state index contributed by atoms with van der Waals surface area (Å²) < 4.78 is 7.89. The maximum atomic E-state index is 11.4. The van der Waals surface area contributed by atoms with Crippen LogP contribution in [0.15, 0.2) is 0 Å². The van der Waals surface area contributed by atoms with Gasteiger partial charge in [-0.2, -0.15) is 0 Å². The molecule has 0 rings (SSSR count). The SMILES string of the molecule is CC(=O)CC(NC(=O)COCCNI)C(C)=O. The molecule has 0 saturated heterocycles. The minimum absolute atomic E-state index is 0.0242. The van der Waals surface area contributed by atoms with Crippen LogP contribution in [-0.2, 0) is 19.1 Å².